The quantitative estimate of drug-likeness (QED) is 0.281. The molecule has 3 aromatic carbocycles. The van der Waals surface area contributed by atoms with E-state index in [1.54, 1.807) is 55.6 Å². The maximum Gasteiger partial charge on any atom is 0.573 e. The number of halogens is 3. The van der Waals surface area contributed by atoms with E-state index >= 15 is 0 Å². The Morgan fingerprint density at radius 3 is 1.86 bits per heavy atom. The Kier molecular flexibility index (Phi) is 7.33. The highest BCUT2D eigenvalue weighted by molar-refractivity contribution is 5.85. The lowest BCUT2D eigenvalue weighted by atomic mass is 10.2. The summed E-state index contributed by atoms with van der Waals surface area (Å²) in [6.07, 6.45) is -2.31. The van der Waals surface area contributed by atoms with E-state index in [0.29, 0.717) is 34.0 Å². The van der Waals surface area contributed by atoms with Gasteiger partial charge in [0.25, 0.3) is 0 Å². The minimum absolute atomic E-state index is 0.195. The average molecular weight is 508 g/mol. The Bertz CT molecular complexity index is 1410. The Morgan fingerprint density at radius 1 is 0.838 bits per heavy atom. The highest BCUT2D eigenvalue weighted by atomic mass is 19.4. The average Bonchev–Trinajstić information content (AvgIpc) is 2.87. The van der Waals surface area contributed by atoms with E-state index in [1.807, 2.05) is 0 Å². The number of hydrogen-bond donors (Lipinski definition) is 2. The van der Waals surface area contributed by atoms with Crippen LogP contribution in [0.2, 0.25) is 0 Å². The Labute approximate surface area is 209 Å². The van der Waals surface area contributed by atoms with Crippen molar-refractivity contribution in [3.8, 4) is 34.3 Å². The molecule has 0 aliphatic carbocycles. The molecule has 0 unspecified atom stereocenters. The van der Waals surface area contributed by atoms with E-state index in [2.05, 4.69) is 25.0 Å². The van der Waals surface area contributed by atoms with Gasteiger partial charge in [-0.3, -0.25) is 0 Å². The smallest absolute Gasteiger partial charge is 0.497 e. The fourth-order valence-electron chi connectivity index (χ4n) is 3.21. The lowest BCUT2D eigenvalue weighted by Gasteiger charge is -2.11. The summed E-state index contributed by atoms with van der Waals surface area (Å²) < 4.78 is 46.7. The van der Waals surface area contributed by atoms with Gasteiger partial charge in [0.1, 0.15) is 11.5 Å². The summed E-state index contributed by atoms with van der Waals surface area (Å²) in [7, 11) is 1.55. The number of aliphatic carboxylic acids is 1. The number of carbonyl (C=O) groups is 1. The molecule has 0 aliphatic heterocycles. The van der Waals surface area contributed by atoms with Crippen LogP contribution in [0.5, 0.6) is 11.5 Å². The predicted octanol–water partition coefficient (Wildman–Crippen LogP) is 5.95. The van der Waals surface area contributed by atoms with Crippen molar-refractivity contribution in [1.29, 1.82) is 0 Å². The maximum atomic E-state index is 12.5. The van der Waals surface area contributed by atoms with Crippen LogP contribution in [0.25, 0.3) is 28.9 Å². The van der Waals surface area contributed by atoms with E-state index < -0.39 is 12.3 Å². The van der Waals surface area contributed by atoms with Gasteiger partial charge in [-0.15, -0.1) is 13.2 Å². The van der Waals surface area contributed by atoms with Gasteiger partial charge in [0, 0.05) is 22.9 Å². The van der Waals surface area contributed by atoms with E-state index in [9.17, 15) is 18.0 Å². The molecular formula is C26H19F3N4O4. The number of benzene rings is 3. The van der Waals surface area contributed by atoms with Crippen LogP contribution in [0.3, 0.4) is 0 Å². The van der Waals surface area contributed by atoms with Crippen LogP contribution in [0.1, 0.15) is 5.56 Å². The highest BCUT2D eigenvalue weighted by Gasteiger charge is 2.31. The summed E-state index contributed by atoms with van der Waals surface area (Å²) in [4.78, 5) is 24.1. The Hall–Kier alpha value is -4.93. The number of rotatable bonds is 8. The van der Waals surface area contributed by atoms with Crippen LogP contribution in [-0.2, 0) is 4.79 Å². The predicted molar refractivity (Wildman–Crippen MR) is 130 cm³/mol. The zero-order chi connectivity index (χ0) is 26.4. The second-order valence-corrected chi connectivity index (χ2v) is 7.53. The molecule has 0 amide bonds. The molecule has 8 nitrogen and oxygen atoms in total. The number of hydrogen-bond acceptors (Lipinski definition) is 7. The number of alkyl halides is 3. The van der Waals surface area contributed by atoms with E-state index in [4.69, 9.17) is 9.84 Å². The Morgan fingerprint density at radius 2 is 1.38 bits per heavy atom. The van der Waals surface area contributed by atoms with Crippen molar-refractivity contribution in [3.63, 3.8) is 0 Å². The molecule has 4 aromatic rings. The Balaban J connectivity index is 1.68. The summed E-state index contributed by atoms with van der Waals surface area (Å²) in [6, 6.07) is 19.1. The van der Waals surface area contributed by atoms with Crippen molar-refractivity contribution in [2.75, 3.05) is 12.4 Å². The van der Waals surface area contributed by atoms with Crippen LogP contribution in [0.15, 0.2) is 78.9 Å². The highest BCUT2D eigenvalue weighted by Crippen LogP contribution is 2.28. The number of methoxy groups -OCH3 is 1. The van der Waals surface area contributed by atoms with Gasteiger partial charge in [-0.05, 0) is 72.3 Å². The molecule has 0 radical (unpaired) electrons. The molecule has 0 aliphatic rings. The molecule has 1 aromatic heterocycles. The molecule has 4 rings (SSSR count). The topological polar surface area (TPSA) is 106 Å². The molecule has 0 fully saturated rings. The van der Waals surface area contributed by atoms with Gasteiger partial charge in [0.15, 0.2) is 11.6 Å². The maximum absolute atomic E-state index is 12.5. The van der Waals surface area contributed by atoms with E-state index in [1.165, 1.54) is 30.3 Å². The fraction of sp³-hybridized carbons (Fsp3) is 0.0769. The first-order valence-corrected chi connectivity index (χ1v) is 10.7. The molecule has 0 atom stereocenters. The molecule has 0 bridgehead atoms. The molecular weight excluding hydrogens is 489 g/mol. The molecule has 2 N–H and O–H groups in total. The van der Waals surface area contributed by atoms with E-state index in [0.717, 1.165) is 6.08 Å². The summed E-state index contributed by atoms with van der Waals surface area (Å²) in [5, 5.41) is 11.9. The van der Waals surface area contributed by atoms with Gasteiger partial charge in [-0.2, -0.15) is 9.97 Å². The third-order valence-corrected chi connectivity index (χ3v) is 4.91. The fourth-order valence-corrected chi connectivity index (χ4v) is 3.21. The van der Waals surface area contributed by atoms with Gasteiger partial charge in [0.2, 0.25) is 5.95 Å². The summed E-state index contributed by atoms with van der Waals surface area (Å²) in [5.41, 5.74) is 2.42. The SMILES string of the molecule is COc1ccc(-c2nc(Nc3ccc(C=CC(=O)O)cc3)nc(-c3ccc(OC(F)(F)F)cc3)n2)cc1. The molecule has 1 heterocycles. The van der Waals surface area contributed by atoms with Gasteiger partial charge in [0.05, 0.1) is 7.11 Å². The van der Waals surface area contributed by atoms with Gasteiger partial charge in [-0.25, -0.2) is 9.78 Å². The standard InChI is InChI=1S/C26H19F3N4O4/c1-36-20-11-5-17(6-12-20)23-31-24(18-7-13-21(14-8-18)37-26(27,28)29)33-25(32-23)30-19-9-2-16(3-10-19)4-15-22(34)35/h2-15H,1H3,(H,34,35)(H,30,31,32,33). The molecule has 188 valence electrons. The molecule has 11 heteroatoms. The number of carboxylic acid groups (broad SMARTS) is 1. The van der Waals surface area contributed by atoms with Crippen LogP contribution in [0.4, 0.5) is 24.8 Å². The summed E-state index contributed by atoms with van der Waals surface area (Å²) >= 11 is 0. The van der Waals surface area contributed by atoms with Gasteiger partial charge >= 0.3 is 12.3 Å². The molecule has 0 saturated heterocycles. The number of nitrogens with zero attached hydrogens (tertiary/aromatic N) is 3. The monoisotopic (exact) mass is 508 g/mol. The molecule has 37 heavy (non-hydrogen) atoms. The number of anilines is 2. The van der Waals surface area contributed by atoms with Crippen molar-refractivity contribution in [2.45, 2.75) is 6.36 Å². The largest absolute Gasteiger partial charge is 0.573 e. The zero-order valence-corrected chi connectivity index (χ0v) is 19.2. The third kappa shape index (κ3) is 7.04. The summed E-state index contributed by atoms with van der Waals surface area (Å²) in [6.45, 7) is 0. The van der Waals surface area contributed by atoms with E-state index in [-0.39, 0.29) is 17.5 Å². The summed E-state index contributed by atoms with van der Waals surface area (Å²) in [5.74, 6) is -0.0244. The van der Waals surface area contributed by atoms with Crippen LogP contribution in [0, 0.1) is 0 Å². The first kappa shape index (κ1) is 25.2. The third-order valence-electron chi connectivity index (χ3n) is 4.91. The van der Waals surface area contributed by atoms with Crippen molar-refractivity contribution in [2.24, 2.45) is 0 Å². The van der Waals surface area contributed by atoms with Gasteiger partial charge in [-0.1, -0.05) is 12.1 Å². The van der Waals surface area contributed by atoms with Crippen molar-refractivity contribution >= 4 is 23.7 Å². The molecule has 0 saturated carbocycles. The van der Waals surface area contributed by atoms with Crippen LogP contribution < -0.4 is 14.8 Å². The number of aromatic nitrogens is 3. The number of carboxylic acids is 1. The van der Waals surface area contributed by atoms with Crippen molar-refractivity contribution in [1.82, 2.24) is 15.0 Å². The second kappa shape index (κ2) is 10.8. The van der Waals surface area contributed by atoms with Crippen molar-refractivity contribution < 1.29 is 32.5 Å². The second-order valence-electron chi connectivity index (χ2n) is 7.53. The minimum Gasteiger partial charge on any atom is -0.497 e. The number of nitrogens with one attached hydrogen (secondary N) is 1. The van der Waals surface area contributed by atoms with Gasteiger partial charge < -0.3 is 19.9 Å². The number of ether oxygens (including phenoxy) is 2. The van der Waals surface area contributed by atoms with Crippen LogP contribution in [-0.4, -0.2) is 39.5 Å². The zero-order valence-electron chi connectivity index (χ0n) is 19.2. The normalized spacial score (nSPS) is 11.4. The van der Waals surface area contributed by atoms with Crippen LogP contribution >= 0.6 is 0 Å². The first-order chi connectivity index (χ1) is 17.7. The van der Waals surface area contributed by atoms with Crippen molar-refractivity contribution in [3.05, 3.63) is 84.4 Å². The lowest BCUT2D eigenvalue weighted by molar-refractivity contribution is -0.274. The molecule has 0 spiro atoms. The minimum atomic E-state index is -4.80. The lowest BCUT2D eigenvalue weighted by Crippen LogP contribution is -2.16. The first-order valence-electron chi connectivity index (χ1n) is 10.7.